The number of hydrogen-bond acceptors (Lipinski definition) is 6. The SMILES string of the molecule is COc1ccc(OC)c([C@H]2C[C@@H](c3ccc(C(C)C)cc3)Nc3nnnn32)c1. The topological polar surface area (TPSA) is 74.1 Å². The zero-order chi connectivity index (χ0) is 19.7. The van der Waals surface area contributed by atoms with Crippen LogP contribution in [0.2, 0.25) is 0 Å². The predicted molar refractivity (Wildman–Crippen MR) is 107 cm³/mol. The Labute approximate surface area is 164 Å². The summed E-state index contributed by atoms with van der Waals surface area (Å²) in [6.45, 7) is 4.40. The van der Waals surface area contributed by atoms with Crippen LogP contribution >= 0.6 is 0 Å². The number of ether oxygens (including phenoxy) is 2. The van der Waals surface area contributed by atoms with Crippen LogP contribution in [0.1, 0.15) is 55.0 Å². The minimum Gasteiger partial charge on any atom is -0.497 e. The van der Waals surface area contributed by atoms with E-state index in [-0.39, 0.29) is 12.1 Å². The maximum Gasteiger partial charge on any atom is 0.243 e. The molecule has 0 saturated carbocycles. The van der Waals surface area contributed by atoms with Gasteiger partial charge in [-0.1, -0.05) is 43.2 Å². The molecule has 2 heterocycles. The first-order valence-electron chi connectivity index (χ1n) is 9.47. The zero-order valence-electron chi connectivity index (χ0n) is 16.6. The lowest BCUT2D eigenvalue weighted by Gasteiger charge is -2.32. The molecule has 1 aliphatic rings. The molecule has 0 saturated heterocycles. The Bertz CT molecular complexity index is 952. The number of nitrogens with one attached hydrogen (secondary N) is 1. The Morgan fingerprint density at radius 1 is 1.07 bits per heavy atom. The van der Waals surface area contributed by atoms with Crippen molar-refractivity contribution in [1.82, 2.24) is 20.2 Å². The summed E-state index contributed by atoms with van der Waals surface area (Å²) in [5.74, 6) is 2.73. The molecule has 28 heavy (non-hydrogen) atoms. The highest BCUT2D eigenvalue weighted by molar-refractivity contribution is 5.46. The van der Waals surface area contributed by atoms with Gasteiger partial charge in [0.2, 0.25) is 5.95 Å². The monoisotopic (exact) mass is 379 g/mol. The molecule has 1 N–H and O–H groups in total. The Morgan fingerprint density at radius 2 is 1.86 bits per heavy atom. The third kappa shape index (κ3) is 3.28. The van der Waals surface area contributed by atoms with Crippen LogP contribution in [-0.2, 0) is 0 Å². The van der Waals surface area contributed by atoms with E-state index in [9.17, 15) is 0 Å². The molecular formula is C21H25N5O2. The number of tetrazole rings is 1. The maximum atomic E-state index is 5.61. The number of nitrogens with zero attached hydrogens (tertiary/aromatic N) is 4. The molecular weight excluding hydrogens is 354 g/mol. The quantitative estimate of drug-likeness (QED) is 0.723. The van der Waals surface area contributed by atoms with Crippen LogP contribution in [0.5, 0.6) is 11.5 Å². The van der Waals surface area contributed by atoms with E-state index in [0.717, 1.165) is 23.5 Å². The van der Waals surface area contributed by atoms with E-state index in [1.165, 1.54) is 11.1 Å². The van der Waals surface area contributed by atoms with E-state index in [2.05, 4.69) is 59.0 Å². The number of benzene rings is 2. The molecule has 0 unspecified atom stereocenters. The molecule has 3 aromatic rings. The lowest BCUT2D eigenvalue weighted by molar-refractivity contribution is 0.371. The van der Waals surface area contributed by atoms with Gasteiger partial charge in [-0.15, -0.1) is 0 Å². The molecule has 0 spiro atoms. The number of methoxy groups -OCH3 is 2. The van der Waals surface area contributed by atoms with Gasteiger partial charge in [0.05, 0.1) is 26.3 Å². The van der Waals surface area contributed by atoms with Crippen molar-refractivity contribution in [2.75, 3.05) is 19.5 Å². The van der Waals surface area contributed by atoms with Gasteiger partial charge in [0, 0.05) is 5.56 Å². The second kappa shape index (κ2) is 7.50. The molecule has 0 amide bonds. The van der Waals surface area contributed by atoms with Crippen LogP contribution < -0.4 is 14.8 Å². The third-order valence-electron chi connectivity index (χ3n) is 5.35. The fraction of sp³-hybridized carbons (Fsp3) is 0.381. The first kappa shape index (κ1) is 18.3. The first-order valence-corrected chi connectivity index (χ1v) is 9.47. The van der Waals surface area contributed by atoms with E-state index >= 15 is 0 Å². The number of anilines is 1. The number of aromatic nitrogens is 4. The van der Waals surface area contributed by atoms with Crippen LogP contribution in [-0.4, -0.2) is 34.4 Å². The standard InChI is InChI=1S/C21H25N5O2/c1-13(2)14-5-7-15(8-6-14)18-12-19(26-21(22-18)23-24-25-26)17-11-16(27-3)9-10-20(17)28-4/h5-11,13,18-19H,12H2,1-4H3,(H,22,23,25)/t18-,19+/m0/s1. The van der Waals surface area contributed by atoms with E-state index in [0.29, 0.717) is 11.9 Å². The molecule has 2 aromatic carbocycles. The van der Waals surface area contributed by atoms with Gasteiger partial charge < -0.3 is 14.8 Å². The highest BCUT2D eigenvalue weighted by Crippen LogP contribution is 2.41. The summed E-state index contributed by atoms with van der Waals surface area (Å²) in [6, 6.07) is 14.6. The second-order valence-corrected chi connectivity index (χ2v) is 7.32. The second-order valence-electron chi connectivity index (χ2n) is 7.32. The van der Waals surface area contributed by atoms with Crippen LogP contribution in [0.25, 0.3) is 0 Å². The highest BCUT2D eigenvalue weighted by atomic mass is 16.5. The molecule has 146 valence electrons. The molecule has 2 atom stereocenters. The van der Waals surface area contributed by atoms with E-state index in [1.54, 1.807) is 14.2 Å². The van der Waals surface area contributed by atoms with Crippen LogP contribution in [0.15, 0.2) is 42.5 Å². The van der Waals surface area contributed by atoms with Crippen molar-refractivity contribution in [1.29, 1.82) is 0 Å². The minimum atomic E-state index is -0.0638. The fourth-order valence-corrected chi connectivity index (χ4v) is 3.73. The zero-order valence-corrected chi connectivity index (χ0v) is 16.6. The molecule has 7 nitrogen and oxygen atoms in total. The Morgan fingerprint density at radius 3 is 2.54 bits per heavy atom. The summed E-state index contributed by atoms with van der Waals surface area (Å²) in [7, 11) is 3.34. The van der Waals surface area contributed by atoms with Crippen LogP contribution in [0, 0.1) is 0 Å². The number of fused-ring (bicyclic) bond motifs is 1. The number of hydrogen-bond donors (Lipinski definition) is 1. The van der Waals surface area contributed by atoms with Crippen molar-refractivity contribution < 1.29 is 9.47 Å². The Balaban J connectivity index is 1.72. The largest absolute Gasteiger partial charge is 0.497 e. The van der Waals surface area contributed by atoms with Gasteiger partial charge >= 0.3 is 0 Å². The fourth-order valence-electron chi connectivity index (χ4n) is 3.73. The van der Waals surface area contributed by atoms with Gasteiger partial charge in [0.25, 0.3) is 0 Å². The summed E-state index contributed by atoms with van der Waals surface area (Å²) in [5, 5.41) is 15.7. The van der Waals surface area contributed by atoms with Crippen molar-refractivity contribution in [3.63, 3.8) is 0 Å². The molecule has 7 heteroatoms. The highest BCUT2D eigenvalue weighted by Gasteiger charge is 2.32. The summed E-state index contributed by atoms with van der Waals surface area (Å²) >= 11 is 0. The summed E-state index contributed by atoms with van der Waals surface area (Å²) < 4.78 is 12.9. The summed E-state index contributed by atoms with van der Waals surface area (Å²) in [5.41, 5.74) is 3.54. The molecule has 0 radical (unpaired) electrons. The van der Waals surface area contributed by atoms with Gasteiger partial charge in [-0.2, -0.15) is 0 Å². The van der Waals surface area contributed by atoms with Gasteiger partial charge in [-0.05, 0) is 52.1 Å². The van der Waals surface area contributed by atoms with Crippen molar-refractivity contribution in [2.45, 2.75) is 38.3 Å². The summed E-state index contributed by atoms with van der Waals surface area (Å²) in [6.07, 6.45) is 0.794. The van der Waals surface area contributed by atoms with Gasteiger partial charge in [-0.25, -0.2) is 4.68 Å². The average Bonchev–Trinajstić information content (AvgIpc) is 3.21. The molecule has 1 aromatic heterocycles. The van der Waals surface area contributed by atoms with Crippen molar-refractivity contribution in [3.8, 4) is 11.5 Å². The van der Waals surface area contributed by atoms with E-state index in [4.69, 9.17) is 9.47 Å². The van der Waals surface area contributed by atoms with Crippen LogP contribution in [0.3, 0.4) is 0 Å². The smallest absolute Gasteiger partial charge is 0.243 e. The van der Waals surface area contributed by atoms with Crippen molar-refractivity contribution >= 4 is 5.95 Å². The van der Waals surface area contributed by atoms with E-state index in [1.807, 2.05) is 22.9 Å². The van der Waals surface area contributed by atoms with E-state index < -0.39 is 0 Å². The lowest BCUT2D eigenvalue weighted by atomic mass is 9.91. The van der Waals surface area contributed by atoms with Crippen molar-refractivity contribution in [2.24, 2.45) is 0 Å². The summed E-state index contributed by atoms with van der Waals surface area (Å²) in [4.78, 5) is 0. The molecule has 4 rings (SSSR count). The molecule has 0 fully saturated rings. The molecule has 1 aliphatic heterocycles. The predicted octanol–water partition coefficient (Wildman–Crippen LogP) is 3.96. The first-order chi connectivity index (χ1) is 13.6. The van der Waals surface area contributed by atoms with Crippen molar-refractivity contribution in [3.05, 3.63) is 59.2 Å². The Hall–Kier alpha value is -3.09. The normalized spacial score (nSPS) is 18.5. The van der Waals surface area contributed by atoms with Gasteiger partial charge in [-0.3, -0.25) is 0 Å². The van der Waals surface area contributed by atoms with Gasteiger partial charge in [0.15, 0.2) is 0 Å². The van der Waals surface area contributed by atoms with Crippen LogP contribution in [0.4, 0.5) is 5.95 Å². The lowest BCUT2D eigenvalue weighted by Crippen LogP contribution is -2.28. The minimum absolute atomic E-state index is 0.0638. The molecule has 0 bridgehead atoms. The maximum absolute atomic E-state index is 5.61. The average molecular weight is 379 g/mol. The number of rotatable bonds is 5. The van der Waals surface area contributed by atoms with Gasteiger partial charge in [0.1, 0.15) is 11.5 Å². The molecule has 0 aliphatic carbocycles. The Kier molecular flexibility index (Phi) is 4.90. The third-order valence-corrected chi connectivity index (χ3v) is 5.35.